The van der Waals surface area contributed by atoms with Crippen molar-refractivity contribution in [2.24, 2.45) is 0 Å². The molecule has 0 unspecified atom stereocenters. The van der Waals surface area contributed by atoms with Gasteiger partial charge in [0.15, 0.2) is 0 Å². The molecule has 0 atom stereocenters. The summed E-state index contributed by atoms with van der Waals surface area (Å²) in [5.74, 6) is 0.873. The smallest absolute Gasteiger partial charge is 0.384 e. The third-order valence-electron chi connectivity index (χ3n) is 2.72. The van der Waals surface area contributed by atoms with E-state index in [1.165, 1.54) is 26.9 Å². The fourth-order valence-corrected chi connectivity index (χ4v) is 2.03. The van der Waals surface area contributed by atoms with Gasteiger partial charge < -0.3 is 8.92 Å². The van der Waals surface area contributed by atoms with Gasteiger partial charge in [0.1, 0.15) is 11.5 Å². The summed E-state index contributed by atoms with van der Waals surface area (Å²) in [6, 6.07) is 6.67. The molecule has 0 aromatic heterocycles. The third-order valence-corrected chi connectivity index (χ3v) is 4.02. The number of rotatable bonds is 9. The second-order valence-corrected chi connectivity index (χ2v) is 6.46. The average Bonchev–Trinajstić information content (AvgIpc) is 2.38. The molecule has 0 radical (unpaired) electrons. The molecule has 0 N–H and O–H groups in total. The molecule has 0 heterocycles. The zero-order chi connectivity index (χ0) is 15.0. The van der Waals surface area contributed by atoms with E-state index in [-0.39, 0.29) is 5.75 Å². The first-order valence-electron chi connectivity index (χ1n) is 6.80. The van der Waals surface area contributed by atoms with Crippen LogP contribution < -0.4 is 8.92 Å². The van der Waals surface area contributed by atoms with Crippen molar-refractivity contribution in [3.05, 3.63) is 24.3 Å². The number of ether oxygens (including phenoxy) is 1. The maximum absolute atomic E-state index is 11.6. The van der Waals surface area contributed by atoms with Gasteiger partial charge in [0, 0.05) is 20.2 Å². The zero-order valence-corrected chi connectivity index (χ0v) is 13.1. The summed E-state index contributed by atoms with van der Waals surface area (Å²) in [5.41, 5.74) is 0. The highest BCUT2D eigenvalue weighted by Gasteiger charge is 2.15. The van der Waals surface area contributed by atoms with Crippen molar-refractivity contribution in [3.63, 3.8) is 0 Å². The minimum atomic E-state index is -3.72. The molecular weight excluding hydrogens is 278 g/mol. The topological polar surface area (TPSA) is 55.8 Å². The molecule has 6 heteroatoms. The van der Waals surface area contributed by atoms with Gasteiger partial charge in [-0.1, -0.05) is 32.3 Å². The van der Waals surface area contributed by atoms with E-state index in [0.29, 0.717) is 12.4 Å². The normalized spacial score (nSPS) is 11.6. The summed E-state index contributed by atoms with van der Waals surface area (Å²) in [6.07, 6.45) is 4.52. The van der Waals surface area contributed by atoms with E-state index in [1.807, 2.05) is 0 Å². The number of benzene rings is 1. The van der Waals surface area contributed by atoms with Crippen LogP contribution in [-0.2, 0) is 10.3 Å². The molecule has 1 rings (SSSR count). The largest absolute Gasteiger partial charge is 0.493 e. The molecule has 0 fully saturated rings. The fraction of sp³-hybridized carbons (Fsp3) is 0.571. The van der Waals surface area contributed by atoms with Crippen LogP contribution in [0.2, 0.25) is 0 Å². The maximum Gasteiger partial charge on any atom is 0.384 e. The molecule has 0 amide bonds. The monoisotopic (exact) mass is 301 g/mol. The van der Waals surface area contributed by atoms with Crippen LogP contribution in [0, 0.1) is 0 Å². The molecule has 0 aliphatic heterocycles. The van der Waals surface area contributed by atoms with Gasteiger partial charge in [-0.15, -0.1) is 0 Å². The predicted octanol–water partition coefficient (Wildman–Crippen LogP) is 2.83. The second-order valence-electron chi connectivity index (χ2n) is 4.71. The molecule has 0 spiro atoms. The lowest BCUT2D eigenvalue weighted by Crippen LogP contribution is -2.27. The first-order chi connectivity index (χ1) is 9.45. The molecule has 1 aromatic rings. The minimum Gasteiger partial charge on any atom is -0.493 e. The van der Waals surface area contributed by atoms with Crippen molar-refractivity contribution in [3.8, 4) is 11.5 Å². The molecule has 0 saturated heterocycles. The molecule has 0 bridgehead atoms. The Labute approximate surface area is 121 Å². The average molecular weight is 301 g/mol. The van der Waals surface area contributed by atoms with Gasteiger partial charge in [-0.3, -0.25) is 0 Å². The van der Waals surface area contributed by atoms with Crippen LogP contribution in [0.3, 0.4) is 0 Å². The number of unbranched alkanes of at least 4 members (excludes halogenated alkanes) is 3. The molecule has 1 aromatic carbocycles. The summed E-state index contributed by atoms with van der Waals surface area (Å²) in [6.45, 7) is 2.79. The van der Waals surface area contributed by atoms with Crippen molar-refractivity contribution in [1.29, 1.82) is 0 Å². The summed E-state index contributed by atoms with van der Waals surface area (Å²) in [7, 11) is -0.883. The first kappa shape index (κ1) is 16.8. The lowest BCUT2D eigenvalue weighted by atomic mass is 10.2. The van der Waals surface area contributed by atoms with Crippen LogP contribution in [0.15, 0.2) is 24.3 Å². The third kappa shape index (κ3) is 5.79. The SMILES string of the molecule is CCCCCCOc1cccc(OS(=O)(=O)N(C)C)c1. The Morgan fingerprint density at radius 3 is 2.45 bits per heavy atom. The van der Waals surface area contributed by atoms with Crippen molar-refractivity contribution < 1.29 is 17.3 Å². The van der Waals surface area contributed by atoms with Gasteiger partial charge >= 0.3 is 10.3 Å². The van der Waals surface area contributed by atoms with Crippen LogP contribution in [0.5, 0.6) is 11.5 Å². The predicted molar refractivity (Wildman–Crippen MR) is 79.3 cm³/mol. The van der Waals surface area contributed by atoms with Crippen LogP contribution in [0.1, 0.15) is 32.6 Å². The number of hydrogen-bond donors (Lipinski definition) is 0. The van der Waals surface area contributed by atoms with Crippen molar-refractivity contribution in [2.75, 3.05) is 20.7 Å². The lowest BCUT2D eigenvalue weighted by Gasteiger charge is -2.13. The molecular formula is C14H23NO4S. The molecule has 0 aliphatic rings. The van der Waals surface area contributed by atoms with Crippen molar-refractivity contribution in [2.45, 2.75) is 32.6 Å². The van der Waals surface area contributed by atoms with E-state index in [9.17, 15) is 8.42 Å². The summed E-state index contributed by atoms with van der Waals surface area (Å²) in [4.78, 5) is 0. The van der Waals surface area contributed by atoms with Gasteiger partial charge in [0.2, 0.25) is 0 Å². The first-order valence-corrected chi connectivity index (χ1v) is 8.17. The van der Waals surface area contributed by atoms with Crippen LogP contribution in [0.4, 0.5) is 0 Å². The van der Waals surface area contributed by atoms with Crippen LogP contribution in [0.25, 0.3) is 0 Å². The molecule has 5 nitrogen and oxygen atoms in total. The molecule has 0 saturated carbocycles. The Morgan fingerprint density at radius 2 is 1.80 bits per heavy atom. The van der Waals surface area contributed by atoms with Crippen molar-refractivity contribution >= 4 is 10.3 Å². The minimum absolute atomic E-state index is 0.254. The van der Waals surface area contributed by atoms with Gasteiger partial charge in [-0.05, 0) is 18.6 Å². The summed E-state index contributed by atoms with van der Waals surface area (Å²) >= 11 is 0. The summed E-state index contributed by atoms with van der Waals surface area (Å²) in [5, 5.41) is 0. The highest BCUT2D eigenvalue weighted by Crippen LogP contribution is 2.21. The van der Waals surface area contributed by atoms with Gasteiger partial charge in [0.05, 0.1) is 6.61 Å². The van der Waals surface area contributed by atoms with E-state index in [1.54, 1.807) is 24.3 Å². The zero-order valence-electron chi connectivity index (χ0n) is 12.3. The number of nitrogens with zero attached hydrogens (tertiary/aromatic N) is 1. The van der Waals surface area contributed by atoms with E-state index < -0.39 is 10.3 Å². The van der Waals surface area contributed by atoms with Gasteiger partial charge in [-0.25, -0.2) is 0 Å². The Balaban J connectivity index is 2.54. The van der Waals surface area contributed by atoms with Crippen LogP contribution in [-0.4, -0.2) is 33.4 Å². The van der Waals surface area contributed by atoms with E-state index in [2.05, 4.69) is 6.92 Å². The molecule has 0 aliphatic carbocycles. The standard InChI is InChI=1S/C14H23NO4S/c1-4-5-6-7-11-18-13-9-8-10-14(12-13)19-20(16,17)15(2)3/h8-10,12H,4-7,11H2,1-3H3. The fourth-order valence-electron chi connectivity index (χ4n) is 1.53. The highest BCUT2D eigenvalue weighted by molar-refractivity contribution is 7.84. The van der Waals surface area contributed by atoms with Crippen molar-refractivity contribution in [1.82, 2.24) is 4.31 Å². The highest BCUT2D eigenvalue weighted by atomic mass is 32.2. The lowest BCUT2D eigenvalue weighted by molar-refractivity contribution is 0.304. The van der Waals surface area contributed by atoms with Crippen LogP contribution >= 0.6 is 0 Å². The molecule has 20 heavy (non-hydrogen) atoms. The Morgan fingerprint density at radius 1 is 1.10 bits per heavy atom. The quantitative estimate of drug-likeness (QED) is 0.658. The summed E-state index contributed by atoms with van der Waals surface area (Å²) < 4.78 is 34.8. The van der Waals surface area contributed by atoms with E-state index in [0.717, 1.165) is 17.1 Å². The second kappa shape index (κ2) is 8.11. The van der Waals surface area contributed by atoms with E-state index >= 15 is 0 Å². The molecule has 114 valence electrons. The Kier molecular flexibility index (Phi) is 6.81. The van der Waals surface area contributed by atoms with Gasteiger partial charge in [-0.2, -0.15) is 12.7 Å². The van der Waals surface area contributed by atoms with Gasteiger partial charge in [0.25, 0.3) is 0 Å². The Hall–Kier alpha value is -1.27. The maximum atomic E-state index is 11.6. The number of hydrogen-bond acceptors (Lipinski definition) is 4. The Bertz CT molecular complexity index is 500. The van der Waals surface area contributed by atoms with E-state index in [4.69, 9.17) is 8.92 Å².